The van der Waals surface area contributed by atoms with Crippen molar-refractivity contribution in [1.29, 1.82) is 0 Å². The SMILES string of the molecule is CN(C)CCCOc1ccc(N)cc1. The van der Waals surface area contributed by atoms with Crippen molar-refractivity contribution in [2.75, 3.05) is 33.0 Å². The van der Waals surface area contributed by atoms with Crippen molar-refractivity contribution in [1.82, 2.24) is 4.90 Å². The van der Waals surface area contributed by atoms with Gasteiger partial charge in [0.1, 0.15) is 5.75 Å². The Hall–Kier alpha value is -1.22. The van der Waals surface area contributed by atoms with Gasteiger partial charge in [0.2, 0.25) is 0 Å². The fourth-order valence-corrected chi connectivity index (χ4v) is 1.13. The molecule has 0 saturated heterocycles. The van der Waals surface area contributed by atoms with Crippen molar-refractivity contribution >= 4 is 5.69 Å². The Balaban J connectivity index is 2.21. The summed E-state index contributed by atoms with van der Waals surface area (Å²) in [5, 5.41) is 0. The van der Waals surface area contributed by atoms with E-state index in [0.717, 1.165) is 31.0 Å². The Labute approximate surface area is 85.5 Å². The van der Waals surface area contributed by atoms with Gasteiger partial charge in [-0.15, -0.1) is 0 Å². The van der Waals surface area contributed by atoms with E-state index in [9.17, 15) is 0 Å². The van der Waals surface area contributed by atoms with Gasteiger partial charge in [-0.25, -0.2) is 0 Å². The number of nitrogens with zero attached hydrogens (tertiary/aromatic N) is 1. The maximum absolute atomic E-state index is 5.56. The molecule has 2 N–H and O–H groups in total. The average molecular weight is 194 g/mol. The number of nitrogen functional groups attached to an aromatic ring is 1. The van der Waals surface area contributed by atoms with Crippen LogP contribution in [-0.4, -0.2) is 32.1 Å². The summed E-state index contributed by atoms with van der Waals surface area (Å²) in [6.45, 7) is 1.80. The van der Waals surface area contributed by atoms with E-state index in [4.69, 9.17) is 10.5 Å². The van der Waals surface area contributed by atoms with Crippen LogP contribution in [0.2, 0.25) is 0 Å². The van der Waals surface area contributed by atoms with Gasteiger partial charge >= 0.3 is 0 Å². The molecule has 3 heteroatoms. The fraction of sp³-hybridized carbons (Fsp3) is 0.455. The lowest BCUT2D eigenvalue weighted by molar-refractivity contribution is 0.281. The highest BCUT2D eigenvalue weighted by Crippen LogP contribution is 2.12. The minimum absolute atomic E-state index is 0.752. The summed E-state index contributed by atoms with van der Waals surface area (Å²) in [6.07, 6.45) is 1.04. The molecule has 0 heterocycles. The van der Waals surface area contributed by atoms with Gasteiger partial charge in [-0.3, -0.25) is 0 Å². The second-order valence-corrected chi connectivity index (χ2v) is 3.57. The van der Waals surface area contributed by atoms with E-state index in [1.54, 1.807) is 0 Å². The van der Waals surface area contributed by atoms with Crippen LogP contribution in [0.15, 0.2) is 24.3 Å². The zero-order valence-electron chi connectivity index (χ0n) is 8.86. The number of benzene rings is 1. The van der Waals surface area contributed by atoms with Crippen molar-refractivity contribution in [3.63, 3.8) is 0 Å². The monoisotopic (exact) mass is 194 g/mol. The molecule has 0 radical (unpaired) electrons. The molecule has 0 atom stereocenters. The molecule has 0 fully saturated rings. The van der Waals surface area contributed by atoms with E-state index in [0.29, 0.717) is 0 Å². The van der Waals surface area contributed by atoms with E-state index in [1.807, 2.05) is 24.3 Å². The molecule has 3 nitrogen and oxygen atoms in total. The Morgan fingerprint density at radius 3 is 2.43 bits per heavy atom. The standard InChI is InChI=1S/C11H18N2O/c1-13(2)8-3-9-14-11-6-4-10(12)5-7-11/h4-7H,3,8-9,12H2,1-2H3. The zero-order valence-corrected chi connectivity index (χ0v) is 8.86. The zero-order chi connectivity index (χ0) is 10.4. The van der Waals surface area contributed by atoms with Crippen LogP contribution in [0.5, 0.6) is 5.75 Å². The lowest BCUT2D eigenvalue weighted by Crippen LogP contribution is -2.15. The van der Waals surface area contributed by atoms with Gasteiger partial charge in [0.05, 0.1) is 6.61 Å². The highest BCUT2D eigenvalue weighted by molar-refractivity contribution is 5.41. The molecule has 1 aromatic rings. The quantitative estimate of drug-likeness (QED) is 0.571. The van der Waals surface area contributed by atoms with Gasteiger partial charge in [-0.2, -0.15) is 0 Å². The molecular formula is C11H18N2O. The second-order valence-electron chi connectivity index (χ2n) is 3.57. The van der Waals surface area contributed by atoms with Crippen LogP contribution in [0, 0.1) is 0 Å². The number of rotatable bonds is 5. The second kappa shape index (κ2) is 5.50. The summed E-state index contributed by atoms with van der Waals surface area (Å²) < 4.78 is 5.53. The predicted octanol–water partition coefficient (Wildman–Crippen LogP) is 1.60. The molecule has 0 spiro atoms. The molecule has 0 amide bonds. The van der Waals surface area contributed by atoms with Gasteiger partial charge in [0.25, 0.3) is 0 Å². The van der Waals surface area contributed by atoms with E-state index >= 15 is 0 Å². The maximum atomic E-state index is 5.56. The molecule has 0 aliphatic rings. The summed E-state index contributed by atoms with van der Waals surface area (Å²) in [7, 11) is 4.12. The van der Waals surface area contributed by atoms with Crippen molar-refractivity contribution in [3.05, 3.63) is 24.3 Å². The third-order valence-corrected chi connectivity index (χ3v) is 1.90. The maximum Gasteiger partial charge on any atom is 0.119 e. The van der Waals surface area contributed by atoms with E-state index in [-0.39, 0.29) is 0 Å². The predicted molar refractivity (Wildman–Crippen MR) is 59.5 cm³/mol. The third-order valence-electron chi connectivity index (χ3n) is 1.90. The van der Waals surface area contributed by atoms with Crippen LogP contribution in [0.3, 0.4) is 0 Å². The van der Waals surface area contributed by atoms with Crippen LogP contribution in [0.1, 0.15) is 6.42 Å². The minimum Gasteiger partial charge on any atom is -0.494 e. The van der Waals surface area contributed by atoms with Crippen LogP contribution in [0.25, 0.3) is 0 Å². The number of hydrogen-bond donors (Lipinski definition) is 1. The highest BCUT2D eigenvalue weighted by Gasteiger charge is 1.94. The molecule has 0 aromatic heterocycles. The fourth-order valence-electron chi connectivity index (χ4n) is 1.13. The Bertz CT molecular complexity index is 256. The van der Waals surface area contributed by atoms with Crippen LogP contribution < -0.4 is 10.5 Å². The molecule has 14 heavy (non-hydrogen) atoms. The van der Waals surface area contributed by atoms with E-state index < -0.39 is 0 Å². The molecular weight excluding hydrogens is 176 g/mol. The first-order valence-corrected chi connectivity index (χ1v) is 4.81. The van der Waals surface area contributed by atoms with Gasteiger partial charge in [-0.1, -0.05) is 0 Å². The molecule has 0 aliphatic heterocycles. The topological polar surface area (TPSA) is 38.5 Å². The van der Waals surface area contributed by atoms with Gasteiger partial charge < -0.3 is 15.4 Å². The first-order valence-electron chi connectivity index (χ1n) is 4.81. The summed E-state index contributed by atoms with van der Waals surface area (Å²) >= 11 is 0. The summed E-state index contributed by atoms with van der Waals surface area (Å²) in [5.74, 6) is 0.887. The third kappa shape index (κ3) is 4.14. The van der Waals surface area contributed by atoms with Crippen LogP contribution in [-0.2, 0) is 0 Å². The number of anilines is 1. The van der Waals surface area contributed by atoms with Crippen molar-refractivity contribution in [3.8, 4) is 5.75 Å². The lowest BCUT2D eigenvalue weighted by atomic mass is 10.3. The van der Waals surface area contributed by atoms with Crippen LogP contribution in [0.4, 0.5) is 5.69 Å². The largest absolute Gasteiger partial charge is 0.494 e. The lowest BCUT2D eigenvalue weighted by Gasteiger charge is -2.10. The first kappa shape index (κ1) is 10.9. The molecule has 0 saturated carbocycles. The number of nitrogens with two attached hydrogens (primary N) is 1. The molecule has 1 rings (SSSR count). The van der Waals surface area contributed by atoms with Gasteiger partial charge in [0.15, 0.2) is 0 Å². The Morgan fingerprint density at radius 2 is 1.86 bits per heavy atom. The Morgan fingerprint density at radius 1 is 1.21 bits per heavy atom. The van der Waals surface area contributed by atoms with Crippen molar-refractivity contribution in [2.24, 2.45) is 0 Å². The normalized spacial score (nSPS) is 10.5. The Kier molecular flexibility index (Phi) is 4.26. The summed E-state index contributed by atoms with van der Waals surface area (Å²) in [5.41, 5.74) is 6.33. The molecule has 0 unspecified atom stereocenters. The van der Waals surface area contributed by atoms with E-state index in [2.05, 4.69) is 19.0 Å². The van der Waals surface area contributed by atoms with Gasteiger partial charge in [0, 0.05) is 12.2 Å². The van der Waals surface area contributed by atoms with Gasteiger partial charge in [-0.05, 0) is 44.8 Å². The molecule has 0 aliphatic carbocycles. The average Bonchev–Trinajstić information content (AvgIpc) is 2.15. The highest BCUT2D eigenvalue weighted by atomic mass is 16.5. The number of ether oxygens (including phenoxy) is 1. The summed E-state index contributed by atoms with van der Waals surface area (Å²) in [4.78, 5) is 2.15. The number of hydrogen-bond acceptors (Lipinski definition) is 3. The molecule has 78 valence electrons. The molecule has 0 bridgehead atoms. The first-order chi connectivity index (χ1) is 6.68. The minimum atomic E-state index is 0.752. The van der Waals surface area contributed by atoms with E-state index in [1.165, 1.54) is 0 Å². The molecule has 1 aromatic carbocycles. The van der Waals surface area contributed by atoms with Crippen molar-refractivity contribution < 1.29 is 4.74 Å². The van der Waals surface area contributed by atoms with Crippen LogP contribution >= 0.6 is 0 Å². The van der Waals surface area contributed by atoms with Crippen molar-refractivity contribution in [2.45, 2.75) is 6.42 Å². The smallest absolute Gasteiger partial charge is 0.119 e. The summed E-state index contributed by atoms with van der Waals surface area (Å²) in [6, 6.07) is 7.48.